The molecule has 0 aliphatic carbocycles. The monoisotopic (exact) mass is 484 g/mol. The molecule has 1 amide bonds. The first kappa shape index (κ1) is 24.5. The van der Waals surface area contributed by atoms with E-state index in [0.717, 1.165) is 23.4 Å². The van der Waals surface area contributed by atoms with Crippen molar-refractivity contribution in [3.63, 3.8) is 0 Å². The van der Waals surface area contributed by atoms with Gasteiger partial charge in [-0.25, -0.2) is 9.97 Å². The highest BCUT2D eigenvalue weighted by Crippen LogP contribution is 2.33. The highest BCUT2D eigenvalue weighted by atomic mass is 19.4. The number of alkyl halides is 3. The molecule has 1 saturated heterocycles. The van der Waals surface area contributed by atoms with Gasteiger partial charge in [-0.05, 0) is 43.7 Å². The number of piperazine rings is 1. The van der Waals surface area contributed by atoms with E-state index in [4.69, 9.17) is 9.72 Å². The number of methoxy groups -OCH3 is 1. The van der Waals surface area contributed by atoms with Crippen molar-refractivity contribution in [1.29, 1.82) is 0 Å². The van der Waals surface area contributed by atoms with Gasteiger partial charge in [-0.3, -0.25) is 4.79 Å². The maximum absolute atomic E-state index is 13.2. The summed E-state index contributed by atoms with van der Waals surface area (Å²) < 4.78 is 44.9. The first-order valence-electron chi connectivity index (χ1n) is 11.4. The second kappa shape index (κ2) is 9.93. The third-order valence-corrected chi connectivity index (χ3v) is 6.18. The van der Waals surface area contributed by atoms with Crippen LogP contribution in [0.25, 0.3) is 11.4 Å². The van der Waals surface area contributed by atoms with Crippen molar-refractivity contribution in [2.24, 2.45) is 0 Å². The Balaban J connectivity index is 1.58. The number of carbonyl (C=O) groups is 1. The standard InChI is InChI=1S/C26H27F3N4O2/c1-4-22-17(2)30-23(18-7-5-9-20(15-18)26(27,28)29)31-24(22)32-11-13-33(14-12-32)25(34)19-8-6-10-21(16-19)35-3/h5-10,15-16H,4,11-14H2,1-3H3. The van der Waals surface area contributed by atoms with E-state index < -0.39 is 11.7 Å². The number of halogens is 3. The van der Waals surface area contributed by atoms with Crippen LogP contribution >= 0.6 is 0 Å². The van der Waals surface area contributed by atoms with Crippen LogP contribution in [0.3, 0.4) is 0 Å². The zero-order valence-electron chi connectivity index (χ0n) is 19.9. The van der Waals surface area contributed by atoms with E-state index in [1.54, 1.807) is 42.3 Å². The molecule has 0 bridgehead atoms. The number of hydrogen-bond acceptors (Lipinski definition) is 5. The molecule has 3 aromatic rings. The molecular formula is C26H27F3N4O2. The molecule has 1 aromatic heterocycles. The minimum Gasteiger partial charge on any atom is -0.497 e. The Morgan fingerprint density at radius 2 is 1.74 bits per heavy atom. The third-order valence-electron chi connectivity index (χ3n) is 6.18. The molecule has 0 N–H and O–H groups in total. The van der Waals surface area contributed by atoms with Crippen molar-refractivity contribution in [1.82, 2.24) is 14.9 Å². The highest BCUT2D eigenvalue weighted by molar-refractivity contribution is 5.94. The zero-order chi connectivity index (χ0) is 25.2. The molecule has 0 radical (unpaired) electrons. The highest BCUT2D eigenvalue weighted by Gasteiger charge is 2.31. The summed E-state index contributed by atoms with van der Waals surface area (Å²) in [5, 5.41) is 0. The van der Waals surface area contributed by atoms with Crippen molar-refractivity contribution in [3.8, 4) is 17.1 Å². The smallest absolute Gasteiger partial charge is 0.416 e. The van der Waals surface area contributed by atoms with Gasteiger partial charge >= 0.3 is 6.18 Å². The first-order valence-corrected chi connectivity index (χ1v) is 11.4. The van der Waals surface area contributed by atoms with Gasteiger partial charge in [0.05, 0.1) is 12.7 Å². The Hall–Kier alpha value is -3.62. The van der Waals surface area contributed by atoms with E-state index in [1.165, 1.54) is 6.07 Å². The van der Waals surface area contributed by atoms with Gasteiger partial charge in [-0.15, -0.1) is 0 Å². The maximum atomic E-state index is 13.2. The average Bonchev–Trinajstić information content (AvgIpc) is 2.87. The molecule has 0 unspecified atom stereocenters. The van der Waals surface area contributed by atoms with Crippen molar-refractivity contribution in [3.05, 3.63) is 70.9 Å². The summed E-state index contributed by atoms with van der Waals surface area (Å²) in [5.41, 5.74) is 1.84. The Morgan fingerprint density at radius 3 is 2.40 bits per heavy atom. The van der Waals surface area contributed by atoms with Crippen LogP contribution < -0.4 is 9.64 Å². The van der Waals surface area contributed by atoms with Gasteiger partial charge in [0.25, 0.3) is 5.91 Å². The van der Waals surface area contributed by atoms with Crippen LogP contribution in [0.4, 0.5) is 19.0 Å². The number of benzene rings is 2. The lowest BCUT2D eigenvalue weighted by Crippen LogP contribution is -2.49. The normalized spacial score (nSPS) is 14.2. The molecule has 2 aromatic carbocycles. The number of hydrogen-bond donors (Lipinski definition) is 0. The summed E-state index contributed by atoms with van der Waals surface area (Å²) in [4.78, 5) is 26.1. The van der Waals surface area contributed by atoms with Crippen LogP contribution in [0.15, 0.2) is 48.5 Å². The molecule has 9 heteroatoms. The number of aromatic nitrogens is 2. The van der Waals surface area contributed by atoms with Gasteiger partial charge in [0.15, 0.2) is 5.82 Å². The fourth-order valence-electron chi connectivity index (χ4n) is 4.28. The molecular weight excluding hydrogens is 457 g/mol. The summed E-state index contributed by atoms with van der Waals surface area (Å²) in [6.07, 6.45) is -3.75. The summed E-state index contributed by atoms with van der Waals surface area (Å²) >= 11 is 0. The van der Waals surface area contributed by atoms with E-state index >= 15 is 0 Å². The van der Waals surface area contributed by atoms with Crippen LogP contribution in [0, 0.1) is 6.92 Å². The van der Waals surface area contributed by atoms with Crippen LogP contribution in [0.2, 0.25) is 0 Å². The SMILES string of the molecule is CCc1c(C)nc(-c2cccc(C(F)(F)F)c2)nc1N1CCN(C(=O)c2cccc(OC)c2)CC1. The van der Waals surface area contributed by atoms with Crippen LogP contribution in [0.1, 0.15) is 34.1 Å². The third kappa shape index (κ3) is 5.23. The lowest BCUT2D eigenvalue weighted by molar-refractivity contribution is -0.137. The molecule has 2 heterocycles. The quantitative estimate of drug-likeness (QED) is 0.510. The summed E-state index contributed by atoms with van der Waals surface area (Å²) in [6.45, 7) is 5.97. The number of amides is 1. The summed E-state index contributed by atoms with van der Waals surface area (Å²) in [5.74, 6) is 1.53. The maximum Gasteiger partial charge on any atom is 0.416 e. The molecule has 35 heavy (non-hydrogen) atoms. The average molecular weight is 485 g/mol. The minimum atomic E-state index is -4.44. The number of anilines is 1. The molecule has 0 saturated carbocycles. The lowest BCUT2D eigenvalue weighted by Gasteiger charge is -2.36. The summed E-state index contributed by atoms with van der Waals surface area (Å²) in [6, 6.07) is 12.1. The fourth-order valence-corrected chi connectivity index (χ4v) is 4.28. The van der Waals surface area contributed by atoms with Crippen molar-refractivity contribution >= 4 is 11.7 Å². The Morgan fingerprint density at radius 1 is 1.03 bits per heavy atom. The predicted molar refractivity (Wildman–Crippen MR) is 128 cm³/mol. The van der Waals surface area contributed by atoms with Gasteiger partial charge in [0.2, 0.25) is 0 Å². The van der Waals surface area contributed by atoms with Gasteiger partial charge in [0, 0.05) is 48.6 Å². The van der Waals surface area contributed by atoms with Crippen LogP contribution in [0.5, 0.6) is 5.75 Å². The van der Waals surface area contributed by atoms with Crippen LogP contribution in [-0.2, 0) is 12.6 Å². The number of aryl methyl sites for hydroxylation is 1. The number of carbonyl (C=O) groups excluding carboxylic acids is 1. The molecule has 1 fully saturated rings. The second-order valence-corrected chi connectivity index (χ2v) is 8.38. The molecule has 0 spiro atoms. The van der Waals surface area contributed by atoms with Gasteiger partial charge in [0.1, 0.15) is 11.6 Å². The molecule has 184 valence electrons. The Bertz CT molecular complexity index is 1220. The van der Waals surface area contributed by atoms with E-state index in [1.807, 2.05) is 13.8 Å². The predicted octanol–water partition coefficient (Wildman–Crippen LogP) is 5.00. The second-order valence-electron chi connectivity index (χ2n) is 8.38. The van der Waals surface area contributed by atoms with E-state index in [9.17, 15) is 18.0 Å². The molecule has 1 aliphatic heterocycles. The lowest BCUT2D eigenvalue weighted by atomic mass is 10.1. The molecule has 0 atom stereocenters. The van der Waals surface area contributed by atoms with Gasteiger partial charge < -0.3 is 14.5 Å². The van der Waals surface area contributed by atoms with Crippen molar-refractivity contribution in [2.75, 3.05) is 38.2 Å². The van der Waals surface area contributed by atoms with Gasteiger partial charge in [-0.1, -0.05) is 25.1 Å². The number of nitrogens with zero attached hydrogens (tertiary/aromatic N) is 4. The topological polar surface area (TPSA) is 58.6 Å². The Kier molecular flexibility index (Phi) is 6.95. The van der Waals surface area contributed by atoms with Crippen molar-refractivity contribution < 1.29 is 22.7 Å². The van der Waals surface area contributed by atoms with Gasteiger partial charge in [-0.2, -0.15) is 13.2 Å². The van der Waals surface area contributed by atoms with E-state index in [-0.39, 0.29) is 11.7 Å². The van der Waals surface area contributed by atoms with Crippen LogP contribution in [-0.4, -0.2) is 54.1 Å². The van der Waals surface area contributed by atoms with Crippen molar-refractivity contribution in [2.45, 2.75) is 26.4 Å². The number of rotatable bonds is 5. The molecule has 6 nitrogen and oxygen atoms in total. The zero-order valence-corrected chi connectivity index (χ0v) is 19.9. The Labute approximate surface area is 202 Å². The number of ether oxygens (including phenoxy) is 1. The van der Waals surface area contributed by atoms with E-state index in [0.29, 0.717) is 55.3 Å². The van der Waals surface area contributed by atoms with E-state index in [2.05, 4.69) is 9.88 Å². The first-order chi connectivity index (χ1) is 16.7. The molecule has 1 aliphatic rings. The minimum absolute atomic E-state index is 0.0669. The molecule has 4 rings (SSSR count). The fraction of sp³-hybridized carbons (Fsp3) is 0.346. The summed E-state index contributed by atoms with van der Waals surface area (Å²) in [7, 11) is 1.56. The largest absolute Gasteiger partial charge is 0.497 e.